The van der Waals surface area contributed by atoms with E-state index in [4.69, 9.17) is 4.74 Å². The predicted octanol–water partition coefficient (Wildman–Crippen LogP) is 3.63. The van der Waals surface area contributed by atoms with E-state index >= 15 is 0 Å². The van der Waals surface area contributed by atoms with E-state index in [-0.39, 0.29) is 17.7 Å². The summed E-state index contributed by atoms with van der Waals surface area (Å²) >= 11 is 0. The summed E-state index contributed by atoms with van der Waals surface area (Å²) in [4.78, 5) is 27.3. The molecule has 2 amide bonds. The maximum atomic E-state index is 13.2. The smallest absolute Gasteiger partial charge is 0.237 e. The van der Waals surface area contributed by atoms with Crippen molar-refractivity contribution in [2.45, 2.75) is 83.5 Å². The maximum absolute atomic E-state index is 13.2. The van der Waals surface area contributed by atoms with Crippen molar-refractivity contribution in [3.63, 3.8) is 0 Å². The van der Waals surface area contributed by atoms with Gasteiger partial charge in [0.2, 0.25) is 11.8 Å². The molecule has 7 heteroatoms. The number of hydrogen-bond acceptors (Lipinski definition) is 5. The van der Waals surface area contributed by atoms with Crippen LogP contribution in [0.2, 0.25) is 0 Å². The van der Waals surface area contributed by atoms with Gasteiger partial charge in [0.25, 0.3) is 0 Å². The summed E-state index contributed by atoms with van der Waals surface area (Å²) in [5, 5.41) is 17.0. The number of carbonyl (C=O) groups is 2. The standard InChI is InChI=1S/C29H45N3O4/c1-21(2)16-25-27(33)31-26-18-24(28(34)32(3)29(26)35)15-11-6-4-5-8-14-23(19-36-20-30-25)17-22-12-9-7-10-13-22/h6-7,9-13,21,23-26,29-30,35H,4-5,8,14-20H2,1-3H3,(H,31,33)/b11-6+/t23?,24?,25-,26?,29?/m0/s1. The molecule has 3 N–H and O–H groups in total. The van der Waals surface area contributed by atoms with E-state index in [0.29, 0.717) is 44.4 Å². The number of hydrogen-bond donors (Lipinski definition) is 3. The first-order valence-electron chi connectivity index (χ1n) is 13.6. The highest BCUT2D eigenvalue weighted by atomic mass is 16.5. The van der Waals surface area contributed by atoms with E-state index in [0.717, 1.165) is 32.1 Å². The number of likely N-dealkylation sites (tertiary alicyclic amines) is 1. The van der Waals surface area contributed by atoms with Crippen molar-refractivity contribution in [1.82, 2.24) is 15.5 Å². The summed E-state index contributed by atoms with van der Waals surface area (Å²) in [5.74, 6) is 0.262. The zero-order valence-corrected chi connectivity index (χ0v) is 22.2. The fraction of sp³-hybridized carbons (Fsp3) is 0.655. The molecule has 7 nitrogen and oxygen atoms in total. The van der Waals surface area contributed by atoms with Gasteiger partial charge >= 0.3 is 0 Å². The van der Waals surface area contributed by atoms with E-state index in [1.807, 2.05) is 6.07 Å². The lowest BCUT2D eigenvalue weighted by molar-refractivity contribution is -0.155. The van der Waals surface area contributed by atoms with Crippen LogP contribution in [-0.4, -0.2) is 60.5 Å². The van der Waals surface area contributed by atoms with Gasteiger partial charge in [-0.15, -0.1) is 0 Å². The van der Waals surface area contributed by atoms with Crippen molar-refractivity contribution < 1.29 is 19.4 Å². The van der Waals surface area contributed by atoms with Crippen molar-refractivity contribution in [2.75, 3.05) is 20.4 Å². The molecule has 0 aromatic heterocycles. The molecule has 200 valence electrons. The zero-order chi connectivity index (χ0) is 25.9. The van der Waals surface area contributed by atoms with Gasteiger partial charge in [-0.3, -0.25) is 14.9 Å². The molecule has 3 rings (SSSR count). The van der Waals surface area contributed by atoms with Crippen LogP contribution in [0.4, 0.5) is 0 Å². The van der Waals surface area contributed by atoms with Crippen molar-refractivity contribution in [1.29, 1.82) is 0 Å². The Kier molecular flexibility index (Phi) is 11.4. The second kappa shape index (κ2) is 14.5. The number of aliphatic hydroxyl groups is 1. The van der Waals surface area contributed by atoms with Crippen molar-refractivity contribution >= 4 is 11.8 Å². The molecule has 0 aliphatic carbocycles. The summed E-state index contributed by atoms with van der Waals surface area (Å²) in [7, 11) is 1.61. The van der Waals surface area contributed by atoms with Crippen LogP contribution in [0.5, 0.6) is 0 Å². The summed E-state index contributed by atoms with van der Waals surface area (Å²) in [5.41, 5.74) is 1.32. The molecule has 0 spiro atoms. The number of aliphatic hydroxyl groups excluding tert-OH is 1. The lowest BCUT2D eigenvalue weighted by atomic mass is 9.89. The van der Waals surface area contributed by atoms with Gasteiger partial charge in [0, 0.05) is 13.0 Å². The summed E-state index contributed by atoms with van der Waals surface area (Å²) in [6, 6.07) is 9.61. The SMILES string of the molecule is CC(C)C[C@@H]1NCOCC(Cc2ccccc2)CCCC/C=C/CC2CC(NC1=O)C(O)N(C)C2=O. The average molecular weight is 500 g/mol. The highest BCUT2D eigenvalue weighted by Gasteiger charge is 2.39. The normalized spacial score (nSPS) is 30.4. The lowest BCUT2D eigenvalue weighted by Gasteiger charge is -2.40. The fourth-order valence-corrected chi connectivity index (χ4v) is 5.24. The van der Waals surface area contributed by atoms with Crippen LogP contribution in [0.15, 0.2) is 42.5 Å². The van der Waals surface area contributed by atoms with Crippen molar-refractivity contribution in [2.24, 2.45) is 17.8 Å². The second-order valence-corrected chi connectivity index (χ2v) is 10.9. The third-order valence-electron chi connectivity index (χ3n) is 7.32. The summed E-state index contributed by atoms with van der Waals surface area (Å²) in [6.07, 6.45) is 10.2. The topological polar surface area (TPSA) is 90.9 Å². The Morgan fingerprint density at radius 1 is 1.14 bits per heavy atom. The van der Waals surface area contributed by atoms with E-state index in [1.165, 1.54) is 10.5 Å². The van der Waals surface area contributed by atoms with Crippen LogP contribution in [-0.2, 0) is 20.7 Å². The highest BCUT2D eigenvalue weighted by Crippen LogP contribution is 2.25. The van der Waals surface area contributed by atoms with Crippen LogP contribution in [0.25, 0.3) is 0 Å². The molecule has 2 aliphatic heterocycles. The fourth-order valence-electron chi connectivity index (χ4n) is 5.24. The van der Waals surface area contributed by atoms with Gasteiger partial charge in [-0.25, -0.2) is 0 Å². The van der Waals surface area contributed by atoms with Gasteiger partial charge in [-0.05, 0) is 62.3 Å². The Balaban J connectivity index is 1.71. The van der Waals surface area contributed by atoms with Crippen LogP contribution >= 0.6 is 0 Å². The van der Waals surface area contributed by atoms with E-state index in [2.05, 4.69) is 60.9 Å². The second-order valence-electron chi connectivity index (χ2n) is 10.9. The zero-order valence-electron chi connectivity index (χ0n) is 22.2. The minimum Gasteiger partial charge on any atom is -0.371 e. The number of ether oxygens (including phenoxy) is 1. The molecule has 1 aromatic carbocycles. The molecule has 36 heavy (non-hydrogen) atoms. The van der Waals surface area contributed by atoms with Gasteiger partial charge in [0.15, 0.2) is 0 Å². The molecule has 0 saturated carbocycles. The third kappa shape index (κ3) is 8.71. The molecular weight excluding hydrogens is 454 g/mol. The molecule has 2 bridgehead atoms. The molecule has 5 atom stereocenters. The van der Waals surface area contributed by atoms with Crippen LogP contribution in [0.3, 0.4) is 0 Å². The monoisotopic (exact) mass is 499 g/mol. The summed E-state index contributed by atoms with van der Waals surface area (Å²) < 4.78 is 6.05. The van der Waals surface area contributed by atoms with Crippen LogP contribution in [0, 0.1) is 17.8 Å². The number of carbonyl (C=O) groups excluding carboxylic acids is 2. The first-order chi connectivity index (χ1) is 17.3. The number of rotatable bonds is 4. The molecule has 1 aromatic rings. The van der Waals surface area contributed by atoms with Gasteiger partial charge in [-0.2, -0.15) is 0 Å². The third-order valence-corrected chi connectivity index (χ3v) is 7.32. The van der Waals surface area contributed by atoms with Crippen LogP contribution < -0.4 is 10.6 Å². The minimum atomic E-state index is -1.03. The maximum Gasteiger partial charge on any atom is 0.237 e. The number of allylic oxidation sites excluding steroid dienone is 2. The number of piperidine rings is 1. The Bertz CT molecular complexity index is 844. The van der Waals surface area contributed by atoms with Crippen LogP contribution in [0.1, 0.15) is 64.4 Å². The average Bonchev–Trinajstić information content (AvgIpc) is 2.85. The number of nitrogens with one attached hydrogen (secondary N) is 2. The molecular formula is C29H45N3O4. The molecule has 4 unspecified atom stereocenters. The van der Waals surface area contributed by atoms with Gasteiger partial charge in [0.1, 0.15) is 6.23 Å². The van der Waals surface area contributed by atoms with E-state index < -0.39 is 18.3 Å². The Morgan fingerprint density at radius 3 is 2.67 bits per heavy atom. The number of likely N-dealkylation sites (N-methyl/N-ethyl adjacent to an activating group) is 1. The van der Waals surface area contributed by atoms with Gasteiger partial charge in [0.05, 0.1) is 25.4 Å². The molecule has 0 radical (unpaired) electrons. The molecule has 1 saturated heterocycles. The largest absolute Gasteiger partial charge is 0.371 e. The molecule has 2 aliphatic rings. The van der Waals surface area contributed by atoms with E-state index in [1.54, 1.807) is 7.05 Å². The predicted molar refractivity (Wildman–Crippen MR) is 142 cm³/mol. The quantitative estimate of drug-likeness (QED) is 0.551. The number of nitrogens with zero attached hydrogens (tertiary/aromatic N) is 1. The number of fused-ring (bicyclic) bond motifs is 2. The van der Waals surface area contributed by atoms with E-state index in [9.17, 15) is 14.7 Å². The van der Waals surface area contributed by atoms with Crippen molar-refractivity contribution in [3.8, 4) is 0 Å². The Morgan fingerprint density at radius 2 is 1.92 bits per heavy atom. The van der Waals surface area contributed by atoms with Gasteiger partial charge < -0.3 is 20.1 Å². The first-order valence-corrected chi connectivity index (χ1v) is 13.6. The highest BCUT2D eigenvalue weighted by molar-refractivity contribution is 5.83. The Labute approximate surface area is 216 Å². The van der Waals surface area contributed by atoms with Crippen molar-refractivity contribution in [3.05, 3.63) is 48.0 Å². The minimum absolute atomic E-state index is 0.0685. The summed E-state index contributed by atoms with van der Waals surface area (Å²) in [6.45, 7) is 5.11. The van der Waals surface area contributed by atoms with Gasteiger partial charge in [-0.1, -0.05) is 62.8 Å². The first kappa shape index (κ1) is 28.4. The lowest BCUT2D eigenvalue weighted by Crippen LogP contribution is -2.61. The Hall–Kier alpha value is -2.22. The number of amides is 2. The molecule has 1 fully saturated rings. The molecule has 2 heterocycles. The number of benzene rings is 1.